The maximum absolute atomic E-state index is 10.4. The Balaban J connectivity index is 2.15. The Morgan fingerprint density at radius 3 is 3.00 bits per heavy atom. The summed E-state index contributed by atoms with van der Waals surface area (Å²) in [6, 6.07) is 4.10. The van der Waals surface area contributed by atoms with Gasteiger partial charge in [-0.25, -0.2) is 0 Å². The normalized spacial score (nSPS) is 12.6. The van der Waals surface area contributed by atoms with Gasteiger partial charge in [-0.1, -0.05) is 11.6 Å². The van der Waals surface area contributed by atoms with E-state index in [0.29, 0.717) is 13.2 Å². The van der Waals surface area contributed by atoms with Crippen LogP contribution in [0.4, 0.5) is 0 Å². The molecule has 1 heterocycles. The standard InChI is InChI=1S/C10H15ClN2O2S/c1-7(8-2-3-9(11)16-8)13-4-5-15-6-10(12)14/h2-3,7,13H,4-6H2,1H3,(H2,12,14). The second-order valence-corrected chi connectivity index (χ2v) is 5.08. The van der Waals surface area contributed by atoms with Gasteiger partial charge in [0, 0.05) is 17.5 Å². The Morgan fingerprint density at radius 1 is 1.69 bits per heavy atom. The zero-order chi connectivity index (χ0) is 12.0. The lowest BCUT2D eigenvalue weighted by Crippen LogP contribution is -2.25. The van der Waals surface area contributed by atoms with Crippen molar-refractivity contribution in [2.24, 2.45) is 5.73 Å². The highest BCUT2D eigenvalue weighted by atomic mass is 35.5. The molecule has 0 saturated heterocycles. The summed E-state index contributed by atoms with van der Waals surface area (Å²) < 4.78 is 5.81. The summed E-state index contributed by atoms with van der Waals surface area (Å²) in [6.45, 7) is 3.16. The number of ether oxygens (including phenoxy) is 1. The number of thiophene rings is 1. The van der Waals surface area contributed by atoms with E-state index in [2.05, 4.69) is 12.2 Å². The summed E-state index contributed by atoms with van der Waals surface area (Å²) in [4.78, 5) is 11.6. The van der Waals surface area contributed by atoms with Crippen LogP contribution in [-0.4, -0.2) is 25.7 Å². The van der Waals surface area contributed by atoms with Gasteiger partial charge in [-0.05, 0) is 19.1 Å². The summed E-state index contributed by atoms with van der Waals surface area (Å²) in [5.41, 5.74) is 4.93. The predicted molar refractivity (Wildman–Crippen MR) is 65.8 cm³/mol. The second-order valence-electron chi connectivity index (χ2n) is 3.34. The van der Waals surface area contributed by atoms with Gasteiger partial charge in [-0.15, -0.1) is 11.3 Å². The lowest BCUT2D eigenvalue weighted by atomic mass is 10.3. The van der Waals surface area contributed by atoms with Crippen LogP contribution in [0.25, 0.3) is 0 Å². The van der Waals surface area contributed by atoms with Crippen molar-refractivity contribution in [3.63, 3.8) is 0 Å². The van der Waals surface area contributed by atoms with Gasteiger partial charge >= 0.3 is 0 Å². The van der Waals surface area contributed by atoms with Crippen molar-refractivity contribution in [1.29, 1.82) is 0 Å². The fraction of sp³-hybridized carbons (Fsp3) is 0.500. The van der Waals surface area contributed by atoms with E-state index >= 15 is 0 Å². The summed E-state index contributed by atoms with van der Waals surface area (Å²) >= 11 is 7.39. The van der Waals surface area contributed by atoms with Crippen molar-refractivity contribution in [3.8, 4) is 0 Å². The van der Waals surface area contributed by atoms with E-state index in [1.165, 1.54) is 4.88 Å². The molecule has 1 amide bonds. The van der Waals surface area contributed by atoms with Crippen LogP contribution in [0.2, 0.25) is 4.34 Å². The maximum atomic E-state index is 10.4. The van der Waals surface area contributed by atoms with Crippen LogP contribution in [0.3, 0.4) is 0 Å². The second kappa shape index (κ2) is 6.85. The van der Waals surface area contributed by atoms with Gasteiger partial charge in [0.1, 0.15) is 6.61 Å². The number of rotatable bonds is 7. The first-order valence-electron chi connectivity index (χ1n) is 4.94. The van der Waals surface area contributed by atoms with Crippen molar-refractivity contribution in [3.05, 3.63) is 21.3 Å². The molecule has 3 N–H and O–H groups in total. The number of amides is 1. The highest BCUT2D eigenvalue weighted by Gasteiger charge is 2.06. The predicted octanol–water partition coefficient (Wildman–Crippen LogP) is 1.55. The molecule has 0 radical (unpaired) electrons. The van der Waals surface area contributed by atoms with Crippen LogP contribution < -0.4 is 11.1 Å². The molecule has 1 rings (SSSR count). The number of nitrogens with one attached hydrogen (secondary N) is 1. The van der Waals surface area contributed by atoms with Crippen LogP contribution in [0.1, 0.15) is 17.8 Å². The molecule has 0 aliphatic carbocycles. The molecule has 16 heavy (non-hydrogen) atoms. The molecule has 0 aliphatic heterocycles. The van der Waals surface area contributed by atoms with Crippen LogP contribution >= 0.6 is 22.9 Å². The third kappa shape index (κ3) is 4.94. The number of hydrogen-bond donors (Lipinski definition) is 2. The van der Waals surface area contributed by atoms with Gasteiger partial charge in [-0.2, -0.15) is 0 Å². The molecule has 1 aromatic heterocycles. The smallest absolute Gasteiger partial charge is 0.243 e. The molecule has 0 saturated carbocycles. The molecule has 1 unspecified atom stereocenters. The van der Waals surface area contributed by atoms with Crippen molar-refractivity contribution < 1.29 is 9.53 Å². The minimum Gasteiger partial charge on any atom is -0.370 e. The minimum atomic E-state index is -0.446. The van der Waals surface area contributed by atoms with E-state index in [1.807, 2.05) is 12.1 Å². The third-order valence-electron chi connectivity index (χ3n) is 1.96. The average molecular weight is 263 g/mol. The fourth-order valence-corrected chi connectivity index (χ4v) is 2.27. The highest BCUT2D eigenvalue weighted by molar-refractivity contribution is 7.16. The monoisotopic (exact) mass is 262 g/mol. The van der Waals surface area contributed by atoms with E-state index in [9.17, 15) is 4.79 Å². The van der Waals surface area contributed by atoms with E-state index in [0.717, 1.165) is 4.34 Å². The van der Waals surface area contributed by atoms with Crippen molar-refractivity contribution in [2.45, 2.75) is 13.0 Å². The van der Waals surface area contributed by atoms with E-state index < -0.39 is 5.91 Å². The van der Waals surface area contributed by atoms with E-state index in [1.54, 1.807) is 11.3 Å². The molecule has 0 bridgehead atoms. The Labute approximate surface area is 104 Å². The van der Waals surface area contributed by atoms with Gasteiger partial charge in [0.15, 0.2) is 0 Å². The zero-order valence-electron chi connectivity index (χ0n) is 9.03. The van der Waals surface area contributed by atoms with Gasteiger partial charge in [-0.3, -0.25) is 4.79 Å². The summed E-state index contributed by atoms with van der Waals surface area (Å²) in [5.74, 6) is -0.446. The number of carbonyl (C=O) groups is 1. The SMILES string of the molecule is CC(NCCOCC(N)=O)c1ccc(Cl)s1. The van der Waals surface area contributed by atoms with Gasteiger partial charge < -0.3 is 15.8 Å². The van der Waals surface area contributed by atoms with E-state index in [4.69, 9.17) is 22.1 Å². The molecule has 6 heteroatoms. The van der Waals surface area contributed by atoms with Crippen LogP contribution in [0.5, 0.6) is 0 Å². The Kier molecular flexibility index (Phi) is 5.76. The molecule has 1 atom stereocenters. The third-order valence-corrected chi connectivity index (χ3v) is 3.38. The zero-order valence-corrected chi connectivity index (χ0v) is 10.6. The lowest BCUT2D eigenvalue weighted by molar-refractivity contribution is -0.122. The summed E-state index contributed by atoms with van der Waals surface area (Å²) in [6.07, 6.45) is 0. The molecule has 0 aliphatic rings. The average Bonchev–Trinajstić information content (AvgIpc) is 2.63. The molecular weight excluding hydrogens is 248 g/mol. The highest BCUT2D eigenvalue weighted by Crippen LogP contribution is 2.26. The molecule has 4 nitrogen and oxygen atoms in total. The summed E-state index contributed by atoms with van der Waals surface area (Å²) in [5, 5.41) is 3.26. The lowest BCUT2D eigenvalue weighted by Gasteiger charge is -2.11. The topological polar surface area (TPSA) is 64.3 Å². The Morgan fingerprint density at radius 2 is 2.44 bits per heavy atom. The number of primary amides is 1. The molecule has 0 fully saturated rings. The van der Waals surface area contributed by atoms with Crippen LogP contribution in [0.15, 0.2) is 12.1 Å². The van der Waals surface area contributed by atoms with E-state index in [-0.39, 0.29) is 12.6 Å². The first-order valence-corrected chi connectivity index (χ1v) is 6.13. The van der Waals surface area contributed by atoms with Gasteiger partial charge in [0.05, 0.1) is 10.9 Å². The largest absolute Gasteiger partial charge is 0.370 e. The van der Waals surface area contributed by atoms with Gasteiger partial charge in [0.2, 0.25) is 5.91 Å². The Hall–Kier alpha value is -0.620. The van der Waals surface area contributed by atoms with Crippen LogP contribution in [0, 0.1) is 0 Å². The minimum absolute atomic E-state index is 0.0269. The Bertz CT molecular complexity index is 343. The molecule has 1 aromatic rings. The quantitative estimate of drug-likeness (QED) is 0.733. The maximum Gasteiger partial charge on any atom is 0.243 e. The molecule has 0 aromatic carbocycles. The van der Waals surface area contributed by atoms with Crippen LogP contribution in [-0.2, 0) is 9.53 Å². The first-order chi connectivity index (χ1) is 7.59. The summed E-state index contributed by atoms with van der Waals surface area (Å²) in [7, 11) is 0. The van der Waals surface area contributed by atoms with Crippen molar-refractivity contribution >= 4 is 28.8 Å². The number of hydrogen-bond acceptors (Lipinski definition) is 4. The fourth-order valence-electron chi connectivity index (χ4n) is 1.18. The number of halogens is 1. The van der Waals surface area contributed by atoms with Crippen molar-refractivity contribution in [2.75, 3.05) is 19.8 Å². The van der Waals surface area contributed by atoms with Gasteiger partial charge in [0.25, 0.3) is 0 Å². The number of nitrogens with two attached hydrogens (primary N) is 1. The molecule has 0 spiro atoms. The molecule has 90 valence electrons. The molecular formula is C10H15ClN2O2S. The first kappa shape index (κ1) is 13.4. The van der Waals surface area contributed by atoms with Crippen molar-refractivity contribution in [1.82, 2.24) is 5.32 Å². The number of carbonyl (C=O) groups excluding carboxylic acids is 1.